The Kier molecular flexibility index (Phi) is 4.79. The lowest BCUT2D eigenvalue weighted by Crippen LogP contribution is -2.18. The van der Waals surface area contributed by atoms with Gasteiger partial charge in [0.1, 0.15) is 0 Å². The third-order valence-electron chi connectivity index (χ3n) is 2.12. The second kappa shape index (κ2) is 6.12. The summed E-state index contributed by atoms with van der Waals surface area (Å²) >= 11 is 0. The number of carbonyl (C=O) groups excluding carboxylic acids is 1. The molecule has 0 aliphatic carbocycles. The van der Waals surface area contributed by atoms with Gasteiger partial charge in [0.25, 0.3) is 0 Å². The number of carbonyl (C=O) groups is 1. The number of hydrogen-bond acceptors (Lipinski definition) is 4. The van der Waals surface area contributed by atoms with E-state index in [0.29, 0.717) is 30.2 Å². The van der Waals surface area contributed by atoms with Crippen LogP contribution in [-0.2, 0) is 0 Å². The van der Waals surface area contributed by atoms with Crippen molar-refractivity contribution in [2.45, 2.75) is 6.92 Å². The molecule has 0 fully saturated rings. The Morgan fingerprint density at radius 3 is 2.69 bits per heavy atom. The van der Waals surface area contributed by atoms with Crippen LogP contribution >= 0.6 is 0 Å². The summed E-state index contributed by atoms with van der Waals surface area (Å²) in [6.45, 7) is 2.79. The van der Waals surface area contributed by atoms with Gasteiger partial charge >= 0.3 is 0 Å². The Labute approximate surface area is 95.6 Å². The molecule has 88 valence electrons. The maximum atomic E-state index is 11.6. The molecule has 0 spiro atoms. The van der Waals surface area contributed by atoms with Crippen molar-refractivity contribution in [2.75, 3.05) is 27.3 Å². The number of ether oxygens (including phenoxy) is 2. The molecule has 1 rings (SSSR count). The van der Waals surface area contributed by atoms with E-state index in [0.717, 1.165) is 0 Å². The number of hydrogen-bond donors (Lipinski definition) is 1. The van der Waals surface area contributed by atoms with Crippen LogP contribution in [-0.4, -0.2) is 33.1 Å². The maximum absolute atomic E-state index is 11.6. The Hall–Kier alpha value is -1.55. The average Bonchev–Trinajstić information content (AvgIpc) is 2.30. The molecule has 0 saturated heterocycles. The molecule has 4 nitrogen and oxygen atoms in total. The molecule has 4 heteroatoms. The molecule has 0 heterocycles. The van der Waals surface area contributed by atoms with E-state index >= 15 is 0 Å². The van der Waals surface area contributed by atoms with E-state index in [9.17, 15) is 4.79 Å². The summed E-state index contributed by atoms with van der Waals surface area (Å²) in [7, 11) is 3.30. The van der Waals surface area contributed by atoms with Crippen molar-refractivity contribution in [1.82, 2.24) is 5.32 Å². The van der Waals surface area contributed by atoms with Crippen LogP contribution in [0, 0.1) is 0 Å². The highest BCUT2D eigenvalue weighted by molar-refractivity contribution is 5.98. The van der Waals surface area contributed by atoms with Crippen molar-refractivity contribution < 1.29 is 14.3 Å². The quantitative estimate of drug-likeness (QED) is 0.742. The normalized spacial score (nSPS) is 9.94. The van der Waals surface area contributed by atoms with E-state index in [2.05, 4.69) is 5.32 Å². The van der Waals surface area contributed by atoms with Crippen molar-refractivity contribution in [3.63, 3.8) is 0 Å². The van der Waals surface area contributed by atoms with Crippen LogP contribution in [0.4, 0.5) is 0 Å². The van der Waals surface area contributed by atoms with Crippen LogP contribution in [0.2, 0.25) is 0 Å². The van der Waals surface area contributed by atoms with Gasteiger partial charge in [0.05, 0.1) is 20.3 Å². The Morgan fingerprint density at radius 1 is 1.38 bits per heavy atom. The van der Waals surface area contributed by atoms with Crippen LogP contribution in [0.3, 0.4) is 0 Å². The molecule has 16 heavy (non-hydrogen) atoms. The predicted octanol–water partition coefficient (Wildman–Crippen LogP) is 1.50. The third-order valence-corrected chi connectivity index (χ3v) is 2.12. The molecule has 0 bridgehead atoms. The SMILES string of the molecule is CCOc1ccc(C(=O)CNC)cc1OC. The van der Waals surface area contributed by atoms with E-state index in [4.69, 9.17) is 9.47 Å². The topological polar surface area (TPSA) is 47.6 Å². The fourth-order valence-electron chi connectivity index (χ4n) is 1.38. The zero-order valence-electron chi connectivity index (χ0n) is 9.87. The number of likely N-dealkylation sites (N-methyl/N-ethyl adjacent to an activating group) is 1. The first-order valence-corrected chi connectivity index (χ1v) is 5.21. The van der Waals surface area contributed by atoms with Gasteiger partial charge in [-0.15, -0.1) is 0 Å². The number of nitrogens with one attached hydrogen (secondary N) is 1. The number of benzene rings is 1. The number of Topliss-reactive ketones (excluding diaryl/α,β-unsaturated/α-hetero) is 1. The second-order valence-electron chi connectivity index (χ2n) is 3.25. The summed E-state index contributed by atoms with van der Waals surface area (Å²) in [4.78, 5) is 11.6. The van der Waals surface area contributed by atoms with Crippen molar-refractivity contribution in [1.29, 1.82) is 0 Å². The highest BCUT2D eigenvalue weighted by Crippen LogP contribution is 2.28. The fourth-order valence-corrected chi connectivity index (χ4v) is 1.38. The van der Waals surface area contributed by atoms with Gasteiger partial charge in [-0.25, -0.2) is 0 Å². The van der Waals surface area contributed by atoms with Gasteiger partial charge in [0.2, 0.25) is 0 Å². The van der Waals surface area contributed by atoms with Crippen molar-refractivity contribution >= 4 is 5.78 Å². The summed E-state index contributed by atoms with van der Waals surface area (Å²) in [5, 5.41) is 2.82. The van der Waals surface area contributed by atoms with Crippen LogP contribution in [0.15, 0.2) is 18.2 Å². The van der Waals surface area contributed by atoms with Crippen LogP contribution in [0.1, 0.15) is 17.3 Å². The largest absolute Gasteiger partial charge is 0.493 e. The molecule has 0 radical (unpaired) electrons. The van der Waals surface area contributed by atoms with E-state index in [-0.39, 0.29) is 5.78 Å². The van der Waals surface area contributed by atoms with Crippen molar-refractivity contribution in [2.24, 2.45) is 0 Å². The molecule has 0 aliphatic rings. The van der Waals surface area contributed by atoms with Crippen molar-refractivity contribution in [3.8, 4) is 11.5 Å². The van der Waals surface area contributed by atoms with Gasteiger partial charge in [-0.3, -0.25) is 4.79 Å². The molecule has 0 unspecified atom stereocenters. The smallest absolute Gasteiger partial charge is 0.176 e. The molecule has 0 saturated carbocycles. The van der Waals surface area contributed by atoms with Gasteiger partial charge in [-0.05, 0) is 32.2 Å². The summed E-state index contributed by atoms with van der Waals surface area (Å²) < 4.78 is 10.5. The summed E-state index contributed by atoms with van der Waals surface area (Å²) in [6, 6.07) is 5.20. The minimum absolute atomic E-state index is 0.0313. The van der Waals surface area contributed by atoms with Crippen molar-refractivity contribution in [3.05, 3.63) is 23.8 Å². The van der Waals surface area contributed by atoms with E-state index in [1.165, 1.54) is 0 Å². The first-order chi connectivity index (χ1) is 7.72. The molecular weight excluding hydrogens is 206 g/mol. The highest BCUT2D eigenvalue weighted by Gasteiger charge is 2.09. The Morgan fingerprint density at radius 2 is 2.12 bits per heavy atom. The summed E-state index contributed by atoms with van der Waals surface area (Å²) in [6.07, 6.45) is 0. The van der Waals surface area contributed by atoms with Gasteiger partial charge in [0.15, 0.2) is 17.3 Å². The average molecular weight is 223 g/mol. The molecule has 0 atom stereocenters. The van der Waals surface area contributed by atoms with Crippen LogP contribution < -0.4 is 14.8 Å². The maximum Gasteiger partial charge on any atom is 0.176 e. The van der Waals surface area contributed by atoms with Gasteiger partial charge in [-0.2, -0.15) is 0 Å². The van der Waals surface area contributed by atoms with Crippen LogP contribution in [0.5, 0.6) is 11.5 Å². The third kappa shape index (κ3) is 2.97. The van der Waals surface area contributed by atoms with E-state index in [1.54, 1.807) is 32.4 Å². The molecule has 1 N–H and O–H groups in total. The van der Waals surface area contributed by atoms with Gasteiger partial charge < -0.3 is 14.8 Å². The Balaban J connectivity index is 2.94. The molecular formula is C12H17NO3. The summed E-state index contributed by atoms with van der Waals surface area (Å²) in [5.41, 5.74) is 0.620. The zero-order valence-corrected chi connectivity index (χ0v) is 9.87. The monoisotopic (exact) mass is 223 g/mol. The van der Waals surface area contributed by atoms with Gasteiger partial charge in [0, 0.05) is 5.56 Å². The van der Waals surface area contributed by atoms with E-state index in [1.807, 2.05) is 6.92 Å². The minimum atomic E-state index is 0.0313. The summed E-state index contributed by atoms with van der Waals surface area (Å²) in [5.74, 6) is 1.28. The highest BCUT2D eigenvalue weighted by atomic mass is 16.5. The molecule has 0 aliphatic heterocycles. The minimum Gasteiger partial charge on any atom is -0.493 e. The fraction of sp³-hybridized carbons (Fsp3) is 0.417. The lowest BCUT2D eigenvalue weighted by molar-refractivity contribution is 0.0993. The standard InChI is InChI=1S/C12H17NO3/c1-4-16-11-6-5-9(7-12(11)15-3)10(14)8-13-2/h5-7,13H,4,8H2,1-3H3. The zero-order chi connectivity index (χ0) is 12.0. The lowest BCUT2D eigenvalue weighted by atomic mass is 10.1. The molecule has 0 aromatic heterocycles. The number of methoxy groups -OCH3 is 1. The molecule has 0 amide bonds. The van der Waals surface area contributed by atoms with Gasteiger partial charge in [-0.1, -0.05) is 0 Å². The first-order valence-electron chi connectivity index (χ1n) is 5.21. The molecule has 1 aromatic carbocycles. The molecule has 1 aromatic rings. The number of ketones is 1. The van der Waals surface area contributed by atoms with Crippen LogP contribution in [0.25, 0.3) is 0 Å². The Bertz CT molecular complexity index is 363. The van der Waals surface area contributed by atoms with E-state index < -0.39 is 0 Å². The first kappa shape index (κ1) is 12.5. The predicted molar refractivity (Wildman–Crippen MR) is 62.4 cm³/mol. The lowest BCUT2D eigenvalue weighted by Gasteiger charge is -2.10. The second-order valence-corrected chi connectivity index (χ2v) is 3.25. The number of rotatable bonds is 6.